The van der Waals surface area contributed by atoms with E-state index in [0.29, 0.717) is 11.9 Å². The fourth-order valence-electron chi connectivity index (χ4n) is 2.47. The quantitative estimate of drug-likeness (QED) is 0.868. The van der Waals surface area contributed by atoms with E-state index in [1.807, 2.05) is 18.2 Å². The molecule has 17 heavy (non-hydrogen) atoms. The minimum Gasteiger partial charge on any atom is -0.481 e. The molecule has 4 heteroatoms. The van der Waals surface area contributed by atoms with Gasteiger partial charge >= 0.3 is 0 Å². The van der Waals surface area contributed by atoms with Gasteiger partial charge in [-0.15, -0.1) is 0 Å². The monoisotopic (exact) mass is 235 g/mol. The highest BCUT2D eigenvalue weighted by molar-refractivity contribution is 5.42. The predicted octanol–water partition coefficient (Wildman–Crippen LogP) is 1.80. The second-order valence-electron chi connectivity index (χ2n) is 4.65. The molecule has 2 atom stereocenters. The van der Waals surface area contributed by atoms with Crippen molar-refractivity contribution < 1.29 is 4.74 Å². The molecule has 1 aliphatic heterocycles. The van der Waals surface area contributed by atoms with Gasteiger partial charge in [0, 0.05) is 24.7 Å². The summed E-state index contributed by atoms with van der Waals surface area (Å²) in [6.45, 7) is 3.11. The van der Waals surface area contributed by atoms with E-state index in [1.165, 1.54) is 12.8 Å². The first kappa shape index (κ1) is 12.2. The number of nitrogens with two attached hydrogens (primary N) is 1. The van der Waals surface area contributed by atoms with Crippen molar-refractivity contribution in [2.45, 2.75) is 38.3 Å². The van der Waals surface area contributed by atoms with Crippen molar-refractivity contribution in [1.29, 1.82) is 0 Å². The average molecular weight is 235 g/mol. The molecule has 0 spiro atoms. The summed E-state index contributed by atoms with van der Waals surface area (Å²) >= 11 is 0. The fourth-order valence-corrected chi connectivity index (χ4v) is 2.47. The first-order chi connectivity index (χ1) is 8.22. The minimum absolute atomic E-state index is 0.170. The summed E-state index contributed by atoms with van der Waals surface area (Å²) in [7, 11) is 1.64. The van der Waals surface area contributed by atoms with Crippen LogP contribution in [0.1, 0.15) is 26.2 Å². The van der Waals surface area contributed by atoms with E-state index in [1.54, 1.807) is 7.11 Å². The Morgan fingerprint density at radius 1 is 1.47 bits per heavy atom. The smallest absolute Gasteiger partial charge is 0.214 e. The molecule has 1 aromatic heterocycles. The Kier molecular flexibility index (Phi) is 3.84. The third-order valence-electron chi connectivity index (χ3n) is 3.37. The number of ether oxygens (including phenoxy) is 1. The number of hydrogen-bond acceptors (Lipinski definition) is 4. The van der Waals surface area contributed by atoms with E-state index in [9.17, 15) is 0 Å². The molecule has 2 N–H and O–H groups in total. The zero-order valence-corrected chi connectivity index (χ0v) is 10.6. The molecule has 0 bridgehead atoms. The highest BCUT2D eigenvalue weighted by Gasteiger charge is 2.26. The first-order valence-electron chi connectivity index (χ1n) is 6.25. The third kappa shape index (κ3) is 2.69. The van der Waals surface area contributed by atoms with Crippen molar-refractivity contribution >= 4 is 5.82 Å². The zero-order valence-electron chi connectivity index (χ0n) is 10.6. The lowest BCUT2D eigenvalue weighted by Crippen LogP contribution is -2.49. The van der Waals surface area contributed by atoms with Crippen molar-refractivity contribution in [1.82, 2.24) is 4.98 Å². The number of nitrogens with zero attached hydrogens (tertiary/aromatic N) is 2. The molecule has 2 heterocycles. The lowest BCUT2D eigenvalue weighted by atomic mass is 9.97. The molecule has 2 rings (SSSR count). The maximum Gasteiger partial charge on any atom is 0.214 e. The number of hydrogen-bond donors (Lipinski definition) is 1. The van der Waals surface area contributed by atoms with Crippen LogP contribution in [-0.2, 0) is 0 Å². The van der Waals surface area contributed by atoms with Gasteiger partial charge < -0.3 is 15.4 Å². The standard InChI is InChI=1S/C13H21N3O/c1-10(14)11-6-3-4-9-16(11)12-7-5-8-13(15-12)17-2/h5,7-8,10-11H,3-4,6,9,14H2,1-2H3. The van der Waals surface area contributed by atoms with Gasteiger partial charge in [-0.2, -0.15) is 4.98 Å². The predicted molar refractivity (Wildman–Crippen MR) is 69.4 cm³/mol. The lowest BCUT2D eigenvalue weighted by molar-refractivity contribution is 0.389. The van der Waals surface area contributed by atoms with Crippen LogP contribution in [0.4, 0.5) is 5.82 Å². The summed E-state index contributed by atoms with van der Waals surface area (Å²) < 4.78 is 5.17. The van der Waals surface area contributed by atoms with Crippen LogP contribution < -0.4 is 15.4 Å². The number of rotatable bonds is 3. The molecule has 0 aliphatic carbocycles. The molecular formula is C13H21N3O. The minimum atomic E-state index is 0.170. The normalized spacial score (nSPS) is 22.3. The van der Waals surface area contributed by atoms with Gasteiger partial charge in [0.05, 0.1) is 7.11 Å². The Bertz CT molecular complexity index is 367. The van der Waals surface area contributed by atoms with Gasteiger partial charge in [0.1, 0.15) is 5.82 Å². The number of methoxy groups -OCH3 is 1. The maximum absolute atomic E-state index is 6.06. The van der Waals surface area contributed by atoms with Crippen LogP contribution in [-0.4, -0.2) is 30.7 Å². The molecule has 1 aliphatic rings. The van der Waals surface area contributed by atoms with Gasteiger partial charge in [0.2, 0.25) is 5.88 Å². The molecule has 1 fully saturated rings. The fraction of sp³-hybridized carbons (Fsp3) is 0.615. The third-order valence-corrected chi connectivity index (χ3v) is 3.37. The first-order valence-corrected chi connectivity index (χ1v) is 6.25. The second kappa shape index (κ2) is 5.36. The molecule has 1 saturated heterocycles. The molecule has 4 nitrogen and oxygen atoms in total. The Hall–Kier alpha value is -1.29. The van der Waals surface area contributed by atoms with Crippen molar-refractivity contribution in [2.75, 3.05) is 18.6 Å². The number of piperidine rings is 1. The van der Waals surface area contributed by atoms with Gasteiger partial charge in [-0.1, -0.05) is 6.07 Å². The van der Waals surface area contributed by atoms with Gasteiger partial charge in [-0.25, -0.2) is 0 Å². The zero-order chi connectivity index (χ0) is 12.3. The maximum atomic E-state index is 6.06. The summed E-state index contributed by atoms with van der Waals surface area (Å²) in [5, 5.41) is 0. The summed E-state index contributed by atoms with van der Waals surface area (Å²) in [5.74, 6) is 1.64. The van der Waals surface area contributed by atoms with Crippen LogP contribution >= 0.6 is 0 Å². The Morgan fingerprint density at radius 3 is 3.00 bits per heavy atom. The van der Waals surface area contributed by atoms with Gasteiger partial charge in [-0.3, -0.25) is 0 Å². The van der Waals surface area contributed by atoms with Crippen LogP contribution in [0.2, 0.25) is 0 Å². The van der Waals surface area contributed by atoms with Gasteiger partial charge in [-0.05, 0) is 32.3 Å². The molecule has 0 aromatic carbocycles. The van der Waals surface area contributed by atoms with Crippen LogP contribution in [0.3, 0.4) is 0 Å². The molecule has 94 valence electrons. The van der Waals surface area contributed by atoms with Gasteiger partial charge in [0.25, 0.3) is 0 Å². The number of pyridine rings is 1. The van der Waals surface area contributed by atoms with Crippen molar-refractivity contribution in [3.63, 3.8) is 0 Å². The van der Waals surface area contributed by atoms with Crippen LogP contribution in [0.5, 0.6) is 5.88 Å². The number of aromatic nitrogens is 1. The second-order valence-corrected chi connectivity index (χ2v) is 4.65. The summed E-state index contributed by atoms with van der Waals surface area (Å²) in [6.07, 6.45) is 3.62. The lowest BCUT2D eigenvalue weighted by Gasteiger charge is -2.38. The largest absolute Gasteiger partial charge is 0.481 e. The summed E-state index contributed by atoms with van der Waals surface area (Å²) in [4.78, 5) is 6.81. The van der Waals surface area contributed by atoms with Crippen molar-refractivity contribution in [2.24, 2.45) is 5.73 Å². The van der Waals surface area contributed by atoms with Crippen LogP contribution in [0, 0.1) is 0 Å². The topological polar surface area (TPSA) is 51.4 Å². The van der Waals surface area contributed by atoms with E-state index < -0.39 is 0 Å². The van der Waals surface area contributed by atoms with E-state index in [4.69, 9.17) is 10.5 Å². The Balaban J connectivity index is 2.22. The molecule has 1 aromatic rings. The summed E-state index contributed by atoms with van der Waals surface area (Å²) in [6, 6.07) is 6.44. The van der Waals surface area contributed by atoms with E-state index in [-0.39, 0.29) is 6.04 Å². The van der Waals surface area contributed by atoms with Crippen molar-refractivity contribution in [3.8, 4) is 5.88 Å². The SMILES string of the molecule is COc1cccc(N2CCCCC2C(C)N)n1. The molecule has 2 unspecified atom stereocenters. The highest BCUT2D eigenvalue weighted by Crippen LogP contribution is 2.25. The highest BCUT2D eigenvalue weighted by atomic mass is 16.5. The summed E-state index contributed by atoms with van der Waals surface area (Å²) in [5.41, 5.74) is 6.06. The molecule has 0 amide bonds. The van der Waals surface area contributed by atoms with E-state index in [2.05, 4.69) is 16.8 Å². The molecule has 0 saturated carbocycles. The molecule has 0 radical (unpaired) electrons. The number of anilines is 1. The van der Waals surface area contributed by atoms with Crippen LogP contribution in [0.25, 0.3) is 0 Å². The van der Waals surface area contributed by atoms with E-state index >= 15 is 0 Å². The van der Waals surface area contributed by atoms with Gasteiger partial charge in [0.15, 0.2) is 0 Å². The van der Waals surface area contributed by atoms with Crippen LogP contribution in [0.15, 0.2) is 18.2 Å². The van der Waals surface area contributed by atoms with E-state index in [0.717, 1.165) is 18.8 Å². The average Bonchev–Trinajstić information content (AvgIpc) is 2.39. The molecular weight excluding hydrogens is 214 g/mol. The Morgan fingerprint density at radius 2 is 2.29 bits per heavy atom. The van der Waals surface area contributed by atoms with Crippen molar-refractivity contribution in [3.05, 3.63) is 18.2 Å². The Labute approximate surface area is 103 Å².